The van der Waals surface area contributed by atoms with Crippen molar-refractivity contribution >= 4 is 35.0 Å². The highest BCUT2D eigenvalue weighted by Crippen LogP contribution is 2.33. The van der Waals surface area contributed by atoms with Crippen molar-refractivity contribution in [2.24, 2.45) is 0 Å². The standard InChI is InChI=1S/C22H29N3O7/c1-13-11-21(30)32-18-12-15(6-7-16(13)18)25-22(31)17(24-14(2)26)5-3-4-10-23-19(27)8-9-20(28)29/h6-7,11-12,17,21,30H,3-5,8-10H2,1-2H3,(H,23,27)(H,24,26)(H,25,31)(H,28,29). The molecule has 10 heteroatoms. The van der Waals surface area contributed by atoms with Gasteiger partial charge in [0.25, 0.3) is 0 Å². The number of allylic oxidation sites excluding steroid dienone is 1. The van der Waals surface area contributed by atoms with Crippen LogP contribution < -0.4 is 20.7 Å². The average molecular weight is 447 g/mol. The predicted molar refractivity (Wildman–Crippen MR) is 117 cm³/mol. The van der Waals surface area contributed by atoms with Gasteiger partial charge in [0.2, 0.25) is 24.0 Å². The summed E-state index contributed by atoms with van der Waals surface area (Å²) in [7, 11) is 0. The molecule has 3 amide bonds. The van der Waals surface area contributed by atoms with Crippen LogP contribution in [0.15, 0.2) is 24.3 Å². The van der Waals surface area contributed by atoms with Crippen LogP contribution in [0.1, 0.15) is 51.5 Å². The summed E-state index contributed by atoms with van der Waals surface area (Å²) in [5.74, 6) is -1.66. The monoisotopic (exact) mass is 447 g/mol. The fourth-order valence-corrected chi connectivity index (χ4v) is 3.24. The van der Waals surface area contributed by atoms with Gasteiger partial charge in [-0.3, -0.25) is 19.2 Å². The van der Waals surface area contributed by atoms with Crippen molar-refractivity contribution in [3.8, 4) is 5.75 Å². The van der Waals surface area contributed by atoms with Crippen LogP contribution in [0.3, 0.4) is 0 Å². The normalized spacial score (nSPS) is 15.5. The van der Waals surface area contributed by atoms with Crippen LogP contribution in [-0.4, -0.2) is 52.8 Å². The van der Waals surface area contributed by atoms with E-state index in [4.69, 9.17) is 9.84 Å². The maximum atomic E-state index is 12.7. The number of carbonyl (C=O) groups is 4. The topological polar surface area (TPSA) is 154 Å². The zero-order valence-electron chi connectivity index (χ0n) is 18.1. The molecule has 0 aliphatic carbocycles. The van der Waals surface area contributed by atoms with E-state index in [1.54, 1.807) is 24.3 Å². The number of carboxylic acid groups (broad SMARTS) is 1. The van der Waals surface area contributed by atoms with E-state index in [1.165, 1.54) is 6.92 Å². The number of nitrogens with one attached hydrogen (secondary N) is 3. The summed E-state index contributed by atoms with van der Waals surface area (Å²) in [6.07, 6.45) is 1.72. The number of hydrogen-bond donors (Lipinski definition) is 5. The van der Waals surface area contributed by atoms with Gasteiger partial charge in [0, 0.05) is 37.2 Å². The van der Waals surface area contributed by atoms with Crippen LogP contribution >= 0.6 is 0 Å². The molecule has 0 fully saturated rings. The van der Waals surface area contributed by atoms with Gasteiger partial charge in [0.05, 0.1) is 6.42 Å². The molecule has 2 rings (SSSR count). The smallest absolute Gasteiger partial charge is 0.303 e. The van der Waals surface area contributed by atoms with Gasteiger partial charge in [-0.05, 0) is 50.0 Å². The summed E-state index contributed by atoms with van der Waals surface area (Å²) >= 11 is 0. The Hall–Kier alpha value is -3.40. The first-order chi connectivity index (χ1) is 15.2. The first kappa shape index (κ1) is 24.9. The zero-order chi connectivity index (χ0) is 23.7. The molecule has 2 unspecified atom stereocenters. The van der Waals surface area contributed by atoms with Gasteiger partial charge in [-0.25, -0.2) is 0 Å². The van der Waals surface area contributed by atoms with E-state index in [1.807, 2.05) is 6.92 Å². The number of benzene rings is 1. The number of rotatable bonds is 11. The molecule has 32 heavy (non-hydrogen) atoms. The van der Waals surface area contributed by atoms with E-state index >= 15 is 0 Å². The molecule has 0 saturated heterocycles. The molecule has 0 aromatic heterocycles. The van der Waals surface area contributed by atoms with Crippen molar-refractivity contribution in [2.45, 2.75) is 58.3 Å². The van der Waals surface area contributed by atoms with Crippen LogP contribution in [0, 0.1) is 0 Å². The fraction of sp³-hybridized carbons (Fsp3) is 0.455. The second-order valence-electron chi connectivity index (χ2n) is 7.55. The van der Waals surface area contributed by atoms with E-state index in [-0.39, 0.29) is 24.7 Å². The molecule has 1 aliphatic rings. The number of unbranched alkanes of at least 4 members (excludes halogenated alkanes) is 1. The van der Waals surface area contributed by atoms with Gasteiger partial charge in [0.1, 0.15) is 11.8 Å². The van der Waals surface area contributed by atoms with E-state index in [2.05, 4.69) is 16.0 Å². The molecular weight excluding hydrogens is 418 g/mol. The van der Waals surface area contributed by atoms with Crippen molar-refractivity contribution in [2.75, 3.05) is 11.9 Å². The molecule has 1 heterocycles. The Morgan fingerprint density at radius 1 is 1.16 bits per heavy atom. The Bertz CT molecular complexity index is 898. The summed E-state index contributed by atoms with van der Waals surface area (Å²) in [6.45, 7) is 3.53. The van der Waals surface area contributed by atoms with E-state index < -0.39 is 24.2 Å². The molecule has 1 aromatic carbocycles. The Morgan fingerprint density at radius 3 is 2.59 bits per heavy atom. The predicted octanol–water partition coefficient (Wildman–Crippen LogP) is 1.40. The van der Waals surface area contributed by atoms with Crippen LogP contribution in [0.5, 0.6) is 5.75 Å². The van der Waals surface area contributed by atoms with Crippen molar-refractivity contribution in [1.82, 2.24) is 10.6 Å². The SMILES string of the molecule is CC(=O)NC(CCCCNC(=O)CCC(=O)O)C(=O)Nc1ccc2c(c1)OC(O)C=C2C. The number of fused-ring (bicyclic) bond motifs is 1. The summed E-state index contributed by atoms with van der Waals surface area (Å²) in [5, 5.41) is 26.3. The maximum Gasteiger partial charge on any atom is 0.303 e. The van der Waals surface area contributed by atoms with Crippen LogP contribution in [-0.2, 0) is 19.2 Å². The summed E-state index contributed by atoms with van der Waals surface area (Å²) in [6, 6.07) is 4.35. The van der Waals surface area contributed by atoms with Crippen molar-refractivity contribution < 1.29 is 34.1 Å². The van der Waals surface area contributed by atoms with Crippen molar-refractivity contribution in [3.63, 3.8) is 0 Å². The van der Waals surface area contributed by atoms with Gasteiger partial charge in [-0.15, -0.1) is 0 Å². The molecule has 5 N–H and O–H groups in total. The Balaban J connectivity index is 1.87. The molecule has 1 aliphatic heterocycles. The first-order valence-corrected chi connectivity index (χ1v) is 10.4. The minimum absolute atomic E-state index is 0.0803. The molecule has 0 spiro atoms. The second kappa shape index (κ2) is 11.8. The minimum atomic E-state index is -1.05. The molecule has 174 valence electrons. The molecule has 0 bridgehead atoms. The lowest BCUT2D eigenvalue weighted by atomic mass is 10.0. The van der Waals surface area contributed by atoms with Crippen molar-refractivity contribution in [3.05, 3.63) is 29.8 Å². The third kappa shape index (κ3) is 8.03. The lowest BCUT2D eigenvalue weighted by Crippen LogP contribution is -2.43. The Morgan fingerprint density at radius 2 is 1.91 bits per heavy atom. The van der Waals surface area contributed by atoms with Crippen LogP contribution in [0.2, 0.25) is 0 Å². The van der Waals surface area contributed by atoms with E-state index in [0.717, 1.165) is 11.1 Å². The number of ether oxygens (including phenoxy) is 1. The summed E-state index contributed by atoms with van der Waals surface area (Å²) < 4.78 is 5.38. The number of aliphatic carboxylic acids is 1. The largest absolute Gasteiger partial charge is 0.481 e. The lowest BCUT2D eigenvalue weighted by Gasteiger charge is -2.22. The lowest BCUT2D eigenvalue weighted by molar-refractivity contribution is -0.138. The number of carbonyl (C=O) groups excluding carboxylic acids is 3. The number of amides is 3. The highest BCUT2D eigenvalue weighted by atomic mass is 16.6. The first-order valence-electron chi connectivity index (χ1n) is 10.4. The molecule has 0 saturated carbocycles. The van der Waals surface area contributed by atoms with Crippen molar-refractivity contribution in [1.29, 1.82) is 0 Å². The molecular formula is C22H29N3O7. The number of carboxylic acids is 1. The Kier molecular flexibility index (Phi) is 9.21. The quantitative estimate of drug-likeness (QED) is 0.321. The zero-order valence-corrected chi connectivity index (χ0v) is 18.1. The number of anilines is 1. The number of hydrogen-bond acceptors (Lipinski definition) is 6. The third-order valence-corrected chi connectivity index (χ3v) is 4.82. The fourth-order valence-electron chi connectivity index (χ4n) is 3.24. The van der Waals surface area contributed by atoms with Crippen LogP contribution in [0.25, 0.3) is 5.57 Å². The molecule has 1 aromatic rings. The number of aliphatic hydroxyl groups excluding tert-OH is 1. The van der Waals surface area contributed by atoms with Gasteiger partial charge in [0.15, 0.2) is 0 Å². The van der Waals surface area contributed by atoms with E-state index in [9.17, 15) is 24.3 Å². The third-order valence-electron chi connectivity index (χ3n) is 4.82. The van der Waals surface area contributed by atoms with Gasteiger partial charge in [-0.1, -0.05) is 0 Å². The second-order valence-corrected chi connectivity index (χ2v) is 7.55. The van der Waals surface area contributed by atoms with Gasteiger partial charge >= 0.3 is 5.97 Å². The highest BCUT2D eigenvalue weighted by molar-refractivity contribution is 5.97. The number of aliphatic hydroxyl groups is 1. The molecule has 0 radical (unpaired) electrons. The molecule has 10 nitrogen and oxygen atoms in total. The van der Waals surface area contributed by atoms with Gasteiger partial charge < -0.3 is 30.9 Å². The summed E-state index contributed by atoms with van der Waals surface area (Å²) in [5.41, 5.74) is 2.15. The molecule has 2 atom stereocenters. The van der Waals surface area contributed by atoms with E-state index in [0.29, 0.717) is 37.2 Å². The van der Waals surface area contributed by atoms with Gasteiger partial charge in [-0.2, -0.15) is 0 Å². The minimum Gasteiger partial charge on any atom is -0.481 e. The average Bonchev–Trinajstić information content (AvgIpc) is 2.70. The maximum absolute atomic E-state index is 12.7. The van der Waals surface area contributed by atoms with Crippen LogP contribution in [0.4, 0.5) is 5.69 Å². The Labute approximate surface area is 186 Å². The highest BCUT2D eigenvalue weighted by Gasteiger charge is 2.21. The summed E-state index contributed by atoms with van der Waals surface area (Å²) in [4.78, 5) is 46.2.